The standard InChI is InChI=1S/C17H39N2O5Si/c1-8-16(25(22-9-2,23-10-3)24-11-4)18-13-12-17(20)21-15-14-19(5,6)7/h16,18H,8-15H2,1-7H3/q+1. The molecule has 1 atom stereocenters. The Balaban J connectivity index is 4.51. The molecule has 0 rings (SSSR count). The van der Waals surface area contributed by atoms with Crippen LogP contribution in [0.4, 0.5) is 0 Å². The Kier molecular flexibility index (Phi) is 12.5. The molecule has 0 aromatic heterocycles. The first-order valence-corrected chi connectivity index (χ1v) is 11.2. The predicted molar refractivity (Wildman–Crippen MR) is 101 cm³/mol. The molecule has 0 saturated heterocycles. The molecular weight excluding hydrogens is 340 g/mol. The molecule has 0 radical (unpaired) electrons. The van der Waals surface area contributed by atoms with Gasteiger partial charge in [0.25, 0.3) is 0 Å². The van der Waals surface area contributed by atoms with E-state index >= 15 is 0 Å². The zero-order valence-electron chi connectivity index (χ0n) is 17.2. The molecule has 25 heavy (non-hydrogen) atoms. The van der Waals surface area contributed by atoms with Gasteiger partial charge in [-0.3, -0.25) is 4.79 Å². The fraction of sp³-hybridized carbons (Fsp3) is 0.941. The van der Waals surface area contributed by atoms with Gasteiger partial charge in [0.1, 0.15) is 13.2 Å². The van der Waals surface area contributed by atoms with Gasteiger partial charge < -0.3 is 27.8 Å². The second-order valence-electron chi connectivity index (χ2n) is 6.80. The first-order chi connectivity index (χ1) is 11.7. The minimum atomic E-state index is -2.81. The van der Waals surface area contributed by atoms with Crippen LogP contribution in [0.1, 0.15) is 40.5 Å². The van der Waals surface area contributed by atoms with Crippen molar-refractivity contribution in [2.24, 2.45) is 0 Å². The van der Waals surface area contributed by atoms with Gasteiger partial charge in [-0.2, -0.15) is 0 Å². The van der Waals surface area contributed by atoms with Crippen LogP contribution >= 0.6 is 0 Å². The van der Waals surface area contributed by atoms with Crippen LogP contribution in [0.15, 0.2) is 0 Å². The summed E-state index contributed by atoms with van der Waals surface area (Å²) in [6.07, 6.45) is 1.13. The number of rotatable bonds is 15. The summed E-state index contributed by atoms with van der Waals surface area (Å²) in [7, 11) is 3.40. The van der Waals surface area contributed by atoms with E-state index in [0.717, 1.165) is 17.4 Å². The third kappa shape index (κ3) is 10.3. The Morgan fingerprint density at radius 2 is 1.52 bits per heavy atom. The van der Waals surface area contributed by atoms with Gasteiger partial charge in [-0.05, 0) is 27.2 Å². The normalized spacial score (nSPS) is 13.7. The summed E-state index contributed by atoms with van der Waals surface area (Å²) in [5, 5.41) is 3.38. The fourth-order valence-corrected chi connectivity index (χ4v) is 5.36. The van der Waals surface area contributed by atoms with Gasteiger partial charge in [-0.15, -0.1) is 0 Å². The monoisotopic (exact) mass is 379 g/mol. The van der Waals surface area contributed by atoms with E-state index in [1.807, 2.05) is 20.8 Å². The van der Waals surface area contributed by atoms with Crippen LogP contribution in [-0.4, -0.2) is 85.6 Å². The van der Waals surface area contributed by atoms with E-state index in [9.17, 15) is 4.79 Å². The number of carbonyl (C=O) groups is 1. The Labute approximate surface area is 154 Å². The highest BCUT2D eigenvalue weighted by atomic mass is 28.4. The third-order valence-corrected chi connectivity index (χ3v) is 7.16. The summed E-state index contributed by atoms with van der Waals surface area (Å²) in [6, 6.07) is 0. The lowest BCUT2D eigenvalue weighted by atomic mass is 10.4. The summed E-state index contributed by atoms with van der Waals surface area (Å²) >= 11 is 0. The lowest BCUT2D eigenvalue weighted by Gasteiger charge is -2.35. The SMILES string of the molecule is CCO[Si](OCC)(OCC)C(CC)NCCC(=O)OCC[N+](C)(C)C. The minimum absolute atomic E-state index is 0.0357. The lowest BCUT2D eigenvalue weighted by Crippen LogP contribution is -2.62. The largest absolute Gasteiger partial charge is 0.518 e. The van der Waals surface area contributed by atoms with Gasteiger partial charge >= 0.3 is 14.8 Å². The summed E-state index contributed by atoms with van der Waals surface area (Å²) < 4.78 is 23.9. The molecule has 0 spiro atoms. The number of nitrogens with one attached hydrogen (secondary N) is 1. The Morgan fingerprint density at radius 3 is 1.92 bits per heavy atom. The highest BCUT2D eigenvalue weighted by molar-refractivity contribution is 6.62. The molecule has 0 aliphatic carbocycles. The van der Waals surface area contributed by atoms with Crippen LogP contribution in [0, 0.1) is 0 Å². The fourth-order valence-electron chi connectivity index (χ4n) is 2.40. The second kappa shape index (κ2) is 12.8. The highest BCUT2D eigenvalue weighted by Crippen LogP contribution is 2.18. The Hall–Kier alpha value is -0.513. The highest BCUT2D eigenvalue weighted by Gasteiger charge is 2.48. The number of ether oxygens (including phenoxy) is 1. The maximum Gasteiger partial charge on any atom is 0.518 e. The molecule has 0 saturated carbocycles. The van der Waals surface area contributed by atoms with Crippen molar-refractivity contribution in [1.82, 2.24) is 5.32 Å². The predicted octanol–water partition coefficient (Wildman–Crippen LogP) is 1.58. The molecule has 0 heterocycles. The molecule has 0 fully saturated rings. The maximum atomic E-state index is 11.9. The van der Waals surface area contributed by atoms with Crippen molar-refractivity contribution in [3.8, 4) is 0 Å². The molecule has 1 unspecified atom stereocenters. The van der Waals surface area contributed by atoms with Gasteiger partial charge in [-0.1, -0.05) is 6.92 Å². The number of quaternary nitrogens is 1. The zero-order valence-corrected chi connectivity index (χ0v) is 18.2. The molecule has 150 valence electrons. The number of esters is 1. The molecule has 7 nitrogen and oxygen atoms in total. The first kappa shape index (κ1) is 24.5. The van der Waals surface area contributed by atoms with Gasteiger partial charge in [0, 0.05) is 26.4 Å². The van der Waals surface area contributed by atoms with E-state index in [2.05, 4.69) is 33.4 Å². The van der Waals surface area contributed by atoms with Crippen molar-refractivity contribution in [2.75, 3.05) is 60.7 Å². The van der Waals surface area contributed by atoms with Crippen molar-refractivity contribution in [1.29, 1.82) is 0 Å². The van der Waals surface area contributed by atoms with Crippen molar-refractivity contribution >= 4 is 14.8 Å². The number of nitrogens with zero attached hydrogens (tertiary/aromatic N) is 1. The van der Waals surface area contributed by atoms with E-state index in [4.69, 9.17) is 18.0 Å². The molecular formula is C17H39N2O5Si+. The van der Waals surface area contributed by atoms with Crippen molar-refractivity contribution in [3.63, 3.8) is 0 Å². The molecule has 0 aliphatic heterocycles. The number of carbonyl (C=O) groups excluding carboxylic acids is 1. The van der Waals surface area contributed by atoms with E-state index in [-0.39, 0.29) is 11.6 Å². The minimum Gasteiger partial charge on any atom is -0.460 e. The average Bonchev–Trinajstić information content (AvgIpc) is 2.51. The molecule has 8 heteroatoms. The van der Waals surface area contributed by atoms with Crippen molar-refractivity contribution in [3.05, 3.63) is 0 Å². The van der Waals surface area contributed by atoms with Crippen LogP contribution in [-0.2, 0) is 22.8 Å². The summed E-state index contributed by atoms with van der Waals surface area (Å²) in [5.41, 5.74) is -0.0357. The first-order valence-electron chi connectivity index (χ1n) is 9.35. The number of likely N-dealkylation sites (N-methyl/N-ethyl adjacent to an activating group) is 1. The summed E-state index contributed by atoms with van der Waals surface area (Å²) in [6.45, 7) is 11.3. The van der Waals surface area contributed by atoms with Crippen LogP contribution in [0.5, 0.6) is 0 Å². The van der Waals surface area contributed by atoms with E-state index in [1.54, 1.807) is 0 Å². The molecule has 0 aromatic rings. The van der Waals surface area contributed by atoms with Crippen LogP contribution in [0.3, 0.4) is 0 Å². The number of hydrogen-bond acceptors (Lipinski definition) is 6. The van der Waals surface area contributed by atoms with Gasteiger partial charge in [0.15, 0.2) is 0 Å². The van der Waals surface area contributed by atoms with Crippen LogP contribution in [0.25, 0.3) is 0 Å². The smallest absolute Gasteiger partial charge is 0.460 e. The van der Waals surface area contributed by atoms with Gasteiger partial charge in [-0.25, -0.2) is 0 Å². The Bertz CT molecular complexity index is 346. The molecule has 0 aromatic carbocycles. The van der Waals surface area contributed by atoms with E-state index in [0.29, 0.717) is 39.4 Å². The van der Waals surface area contributed by atoms with Crippen LogP contribution < -0.4 is 5.32 Å². The van der Waals surface area contributed by atoms with Gasteiger partial charge in [0.2, 0.25) is 0 Å². The van der Waals surface area contributed by atoms with Crippen molar-refractivity contribution < 1.29 is 27.3 Å². The molecule has 0 amide bonds. The second-order valence-corrected chi connectivity index (χ2v) is 9.57. The van der Waals surface area contributed by atoms with E-state index in [1.165, 1.54) is 0 Å². The molecule has 1 N–H and O–H groups in total. The van der Waals surface area contributed by atoms with Gasteiger partial charge in [0.05, 0.1) is 33.2 Å². The maximum absolute atomic E-state index is 11.9. The molecule has 0 aliphatic rings. The summed E-state index contributed by atoms with van der Waals surface area (Å²) in [5.74, 6) is -0.188. The van der Waals surface area contributed by atoms with Crippen LogP contribution in [0.2, 0.25) is 0 Å². The Morgan fingerprint density at radius 1 is 1.00 bits per heavy atom. The molecule has 0 bridgehead atoms. The lowest BCUT2D eigenvalue weighted by molar-refractivity contribution is -0.870. The third-order valence-electron chi connectivity index (χ3n) is 3.62. The quantitative estimate of drug-likeness (QED) is 0.265. The zero-order chi connectivity index (χ0) is 19.3. The average molecular weight is 380 g/mol. The number of hydrogen-bond donors (Lipinski definition) is 1. The van der Waals surface area contributed by atoms with Crippen molar-refractivity contribution in [2.45, 2.75) is 46.2 Å². The summed E-state index contributed by atoms with van der Waals surface area (Å²) in [4.78, 5) is 11.9. The van der Waals surface area contributed by atoms with E-state index < -0.39 is 8.80 Å². The topological polar surface area (TPSA) is 66.0 Å².